The molecule has 0 spiro atoms. The van der Waals surface area contributed by atoms with Crippen LogP contribution in [0.15, 0.2) is 9.59 Å². The van der Waals surface area contributed by atoms with Crippen LogP contribution in [0.5, 0.6) is 0 Å². The molecular weight excluding hydrogens is 252 g/mol. The van der Waals surface area contributed by atoms with Gasteiger partial charge < -0.3 is 9.72 Å². The number of esters is 1. The van der Waals surface area contributed by atoms with E-state index in [-0.39, 0.29) is 23.4 Å². The van der Waals surface area contributed by atoms with Crippen molar-refractivity contribution in [2.24, 2.45) is 7.05 Å². The molecule has 8 nitrogen and oxygen atoms in total. The Labute approximate surface area is 106 Å². The standard InChI is InChI=1S/C11H10N4O4/c1-15-9-8(10(17)14-11(15)18)12-6(13-9)4-3-5-7(16)19-2/h5H2,1-2H3,(H,12,13)(H,14,17,18). The van der Waals surface area contributed by atoms with Crippen molar-refractivity contribution in [1.82, 2.24) is 19.5 Å². The molecule has 2 N–H and O–H groups in total. The highest BCUT2D eigenvalue weighted by atomic mass is 16.5. The third kappa shape index (κ3) is 2.40. The number of aromatic amines is 2. The quantitative estimate of drug-likeness (QED) is 0.499. The normalized spacial score (nSPS) is 10.0. The predicted octanol–water partition coefficient (Wildman–Crippen LogP) is -1.14. The van der Waals surface area contributed by atoms with Gasteiger partial charge in [0.05, 0.1) is 7.11 Å². The molecule has 0 saturated heterocycles. The van der Waals surface area contributed by atoms with Crippen molar-refractivity contribution in [2.45, 2.75) is 6.42 Å². The molecule has 0 aromatic carbocycles. The van der Waals surface area contributed by atoms with Gasteiger partial charge in [-0.2, -0.15) is 0 Å². The van der Waals surface area contributed by atoms with E-state index in [4.69, 9.17) is 0 Å². The minimum atomic E-state index is -0.563. The van der Waals surface area contributed by atoms with E-state index in [1.807, 2.05) is 0 Å². The van der Waals surface area contributed by atoms with Gasteiger partial charge in [0.1, 0.15) is 6.42 Å². The van der Waals surface area contributed by atoms with Crippen molar-refractivity contribution in [1.29, 1.82) is 0 Å². The lowest BCUT2D eigenvalue weighted by Crippen LogP contribution is -2.28. The van der Waals surface area contributed by atoms with Gasteiger partial charge in [0.15, 0.2) is 17.0 Å². The first-order valence-corrected chi connectivity index (χ1v) is 5.27. The second kappa shape index (κ2) is 4.81. The number of nitrogens with one attached hydrogen (secondary N) is 2. The summed E-state index contributed by atoms with van der Waals surface area (Å²) in [6, 6.07) is 0. The molecule has 98 valence electrons. The largest absolute Gasteiger partial charge is 0.468 e. The van der Waals surface area contributed by atoms with Crippen LogP contribution in [0.25, 0.3) is 11.2 Å². The fraction of sp³-hybridized carbons (Fsp3) is 0.273. The molecule has 0 bridgehead atoms. The minimum Gasteiger partial charge on any atom is -0.468 e. The summed E-state index contributed by atoms with van der Waals surface area (Å²) in [4.78, 5) is 42.6. The Hall–Kier alpha value is -2.82. The molecule has 0 atom stereocenters. The van der Waals surface area contributed by atoms with Gasteiger partial charge in [-0.15, -0.1) is 0 Å². The van der Waals surface area contributed by atoms with E-state index in [2.05, 4.69) is 31.5 Å². The Kier molecular flexibility index (Phi) is 3.20. The number of carbonyl (C=O) groups is 1. The minimum absolute atomic E-state index is 0.0805. The van der Waals surface area contributed by atoms with Crippen molar-refractivity contribution in [3.05, 3.63) is 26.7 Å². The molecule has 0 fully saturated rings. The monoisotopic (exact) mass is 262 g/mol. The van der Waals surface area contributed by atoms with E-state index in [0.29, 0.717) is 0 Å². The lowest BCUT2D eigenvalue weighted by molar-refractivity contribution is -0.139. The van der Waals surface area contributed by atoms with Gasteiger partial charge >= 0.3 is 11.7 Å². The summed E-state index contributed by atoms with van der Waals surface area (Å²) in [6.45, 7) is 0. The van der Waals surface area contributed by atoms with Gasteiger partial charge in [0.25, 0.3) is 5.56 Å². The van der Waals surface area contributed by atoms with Crippen LogP contribution < -0.4 is 11.2 Å². The summed E-state index contributed by atoms with van der Waals surface area (Å²) >= 11 is 0. The maximum atomic E-state index is 11.5. The summed E-state index contributed by atoms with van der Waals surface area (Å²) < 4.78 is 5.62. The Morgan fingerprint density at radius 1 is 1.42 bits per heavy atom. The molecule has 0 saturated carbocycles. The Bertz CT molecular complexity index is 815. The second-order valence-corrected chi connectivity index (χ2v) is 3.66. The molecule has 2 heterocycles. The number of rotatable bonds is 1. The fourth-order valence-electron chi connectivity index (χ4n) is 1.44. The summed E-state index contributed by atoms with van der Waals surface area (Å²) in [5, 5.41) is 0. The smallest absolute Gasteiger partial charge is 0.329 e. The van der Waals surface area contributed by atoms with Gasteiger partial charge in [-0.3, -0.25) is 19.1 Å². The van der Waals surface area contributed by atoms with Crippen LogP contribution in [0.1, 0.15) is 12.2 Å². The zero-order chi connectivity index (χ0) is 14.0. The van der Waals surface area contributed by atoms with E-state index >= 15 is 0 Å². The SMILES string of the molecule is COC(=O)CC#Cc1nc2c([nH]1)c(=O)[nH]c(=O)n2C. The van der Waals surface area contributed by atoms with E-state index in [1.165, 1.54) is 18.7 Å². The number of hydrogen-bond acceptors (Lipinski definition) is 5. The molecule has 2 aromatic heterocycles. The van der Waals surface area contributed by atoms with Gasteiger partial charge in [0, 0.05) is 7.05 Å². The van der Waals surface area contributed by atoms with E-state index < -0.39 is 17.2 Å². The zero-order valence-corrected chi connectivity index (χ0v) is 10.2. The van der Waals surface area contributed by atoms with Crippen LogP contribution in [0.3, 0.4) is 0 Å². The van der Waals surface area contributed by atoms with Crippen LogP contribution in [0.4, 0.5) is 0 Å². The number of aromatic nitrogens is 4. The molecule has 0 unspecified atom stereocenters. The Morgan fingerprint density at radius 3 is 2.84 bits per heavy atom. The molecular formula is C11H10N4O4. The summed E-state index contributed by atoms with van der Waals surface area (Å²) in [5.41, 5.74) is -0.759. The number of imidazole rings is 1. The summed E-state index contributed by atoms with van der Waals surface area (Å²) in [5.74, 6) is 4.87. The third-order valence-electron chi connectivity index (χ3n) is 2.42. The van der Waals surface area contributed by atoms with Crippen molar-refractivity contribution in [3.63, 3.8) is 0 Å². The number of ether oxygens (including phenoxy) is 1. The molecule has 0 aliphatic rings. The molecule has 0 amide bonds. The molecule has 2 rings (SSSR count). The number of methoxy groups -OCH3 is 1. The average Bonchev–Trinajstić information content (AvgIpc) is 2.80. The first kappa shape index (κ1) is 12.6. The van der Waals surface area contributed by atoms with Crippen LogP contribution in [0.2, 0.25) is 0 Å². The van der Waals surface area contributed by atoms with Crippen LogP contribution in [-0.2, 0) is 16.6 Å². The summed E-state index contributed by atoms with van der Waals surface area (Å²) in [6.07, 6.45) is -0.0805. The number of nitrogens with zero attached hydrogens (tertiary/aromatic N) is 2. The lowest BCUT2D eigenvalue weighted by Gasteiger charge is -1.94. The maximum absolute atomic E-state index is 11.5. The van der Waals surface area contributed by atoms with E-state index in [0.717, 1.165) is 0 Å². The van der Waals surface area contributed by atoms with Crippen LogP contribution >= 0.6 is 0 Å². The Balaban J connectivity index is 2.45. The maximum Gasteiger partial charge on any atom is 0.329 e. The number of hydrogen-bond donors (Lipinski definition) is 2. The van der Waals surface area contributed by atoms with Crippen molar-refractivity contribution in [2.75, 3.05) is 7.11 Å². The highest BCUT2D eigenvalue weighted by Crippen LogP contribution is 2.02. The van der Waals surface area contributed by atoms with E-state index in [9.17, 15) is 14.4 Å². The molecule has 0 aliphatic carbocycles. The number of H-pyrrole nitrogens is 2. The lowest BCUT2D eigenvalue weighted by atomic mass is 10.4. The fourth-order valence-corrected chi connectivity index (χ4v) is 1.44. The molecule has 0 radical (unpaired) electrons. The average molecular weight is 262 g/mol. The topological polar surface area (TPSA) is 110 Å². The highest BCUT2D eigenvalue weighted by molar-refractivity contribution is 5.73. The van der Waals surface area contributed by atoms with Crippen LogP contribution in [0, 0.1) is 11.8 Å². The number of fused-ring (bicyclic) bond motifs is 1. The zero-order valence-electron chi connectivity index (χ0n) is 10.2. The highest BCUT2D eigenvalue weighted by Gasteiger charge is 2.09. The van der Waals surface area contributed by atoms with Gasteiger partial charge in [-0.25, -0.2) is 9.78 Å². The van der Waals surface area contributed by atoms with Crippen molar-refractivity contribution < 1.29 is 9.53 Å². The van der Waals surface area contributed by atoms with Gasteiger partial charge in [-0.1, -0.05) is 5.92 Å². The molecule has 19 heavy (non-hydrogen) atoms. The van der Waals surface area contributed by atoms with Crippen molar-refractivity contribution >= 4 is 17.1 Å². The molecule has 0 aliphatic heterocycles. The molecule has 2 aromatic rings. The Morgan fingerprint density at radius 2 is 2.16 bits per heavy atom. The third-order valence-corrected chi connectivity index (χ3v) is 2.42. The second-order valence-electron chi connectivity index (χ2n) is 3.66. The summed E-state index contributed by atoms with van der Waals surface area (Å²) in [7, 11) is 2.74. The first-order chi connectivity index (χ1) is 9.02. The number of aryl methyl sites for hydroxylation is 1. The first-order valence-electron chi connectivity index (χ1n) is 5.27. The number of carbonyl (C=O) groups excluding carboxylic acids is 1. The van der Waals surface area contributed by atoms with E-state index in [1.54, 1.807) is 0 Å². The molecule has 8 heteroatoms. The predicted molar refractivity (Wildman–Crippen MR) is 65.5 cm³/mol. The van der Waals surface area contributed by atoms with Crippen LogP contribution in [-0.4, -0.2) is 32.6 Å². The van der Waals surface area contributed by atoms with Gasteiger partial charge in [0.2, 0.25) is 0 Å². The van der Waals surface area contributed by atoms with Crippen molar-refractivity contribution in [3.8, 4) is 11.8 Å². The van der Waals surface area contributed by atoms with Gasteiger partial charge in [-0.05, 0) is 5.92 Å².